The summed E-state index contributed by atoms with van der Waals surface area (Å²) < 4.78 is 15.6. The van der Waals surface area contributed by atoms with E-state index in [1.54, 1.807) is 30.3 Å². The Labute approximate surface area is 160 Å². The molecule has 1 N–H and O–H groups in total. The maximum Gasteiger partial charge on any atom is 0.272 e. The number of fused-ring (bicyclic) bond motifs is 1. The van der Waals surface area contributed by atoms with E-state index in [1.165, 1.54) is 6.07 Å². The third-order valence-corrected chi connectivity index (χ3v) is 4.48. The summed E-state index contributed by atoms with van der Waals surface area (Å²) in [5.41, 5.74) is 2.17. The van der Waals surface area contributed by atoms with Gasteiger partial charge in [-0.05, 0) is 30.3 Å². The summed E-state index contributed by atoms with van der Waals surface area (Å²) in [7, 11) is 0. The molecule has 0 saturated carbocycles. The molecule has 2 aromatic carbocycles. The highest BCUT2D eigenvalue weighted by Gasteiger charge is 2.18. The molecule has 2 aromatic heterocycles. The lowest BCUT2D eigenvalue weighted by atomic mass is 10.2. The second-order valence-electron chi connectivity index (χ2n) is 6.02. The lowest BCUT2D eigenvalue weighted by Gasteiger charge is -2.05. The van der Waals surface area contributed by atoms with Crippen molar-refractivity contribution >= 4 is 23.0 Å². The van der Waals surface area contributed by atoms with E-state index in [4.69, 9.17) is 11.6 Å². The summed E-state index contributed by atoms with van der Waals surface area (Å²) in [5, 5.41) is 3.33. The molecule has 0 fully saturated rings. The van der Waals surface area contributed by atoms with Crippen LogP contribution >= 0.6 is 11.6 Å². The zero-order chi connectivity index (χ0) is 18.8. The van der Waals surface area contributed by atoms with Gasteiger partial charge in [-0.1, -0.05) is 48.0 Å². The molecule has 6 heteroatoms. The van der Waals surface area contributed by atoms with Gasteiger partial charge in [-0.2, -0.15) is 0 Å². The molecule has 0 aliphatic carbocycles. The number of hydrogen-bond donors (Lipinski definition) is 1. The first-order valence-electron chi connectivity index (χ1n) is 8.38. The van der Waals surface area contributed by atoms with E-state index >= 15 is 0 Å². The molecular weight excluding hydrogens is 365 g/mol. The van der Waals surface area contributed by atoms with Crippen LogP contribution in [0, 0.1) is 5.82 Å². The van der Waals surface area contributed by atoms with Crippen LogP contribution in [0.1, 0.15) is 16.1 Å². The molecular formula is C21H15ClFN3O. The smallest absolute Gasteiger partial charge is 0.272 e. The summed E-state index contributed by atoms with van der Waals surface area (Å²) in [6, 6.07) is 19.2. The number of hydrogen-bond acceptors (Lipinski definition) is 2. The zero-order valence-corrected chi connectivity index (χ0v) is 14.9. The van der Waals surface area contributed by atoms with Crippen LogP contribution < -0.4 is 5.32 Å². The summed E-state index contributed by atoms with van der Waals surface area (Å²) >= 11 is 6.10. The van der Waals surface area contributed by atoms with Crippen molar-refractivity contribution in [1.29, 1.82) is 0 Å². The third-order valence-electron chi connectivity index (χ3n) is 4.24. The SMILES string of the molecule is O=C(NCc1ccccc1F)c1nc(-c2cccc(Cl)c2)n2ccccc12. The van der Waals surface area contributed by atoms with Crippen molar-refractivity contribution in [3.63, 3.8) is 0 Å². The Bertz CT molecular complexity index is 1140. The van der Waals surface area contributed by atoms with Crippen LogP contribution in [0.5, 0.6) is 0 Å². The van der Waals surface area contributed by atoms with Gasteiger partial charge in [-0.15, -0.1) is 0 Å². The minimum absolute atomic E-state index is 0.0872. The van der Waals surface area contributed by atoms with Gasteiger partial charge in [0.2, 0.25) is 0 Å². The first-order chi connectivity index (χ1) is 13.1. The Morgan fingerprint density at radius 3 is 2.70 bits per heavy atom. The van der Waals surface area contributed by atoms with Crippen molar-refractivity contribution in [2.24, 2.45) is 0 Å². The number of carbonyl (C=O) groups excluding carboxylic acids is 1. The Morgan fingerprint density at radius 1 is 1.07 bits per heavy atom. The minimum atomic E-state index is -0.366. The van der Waals surface area contributed by atoms with Gasteiger partial charge in [0.05, 0.1) is 5.52 Å². The van der Waals surface area contributed by atoms with E-state index < -0.39 is 0 Å². The largest absolute Gasteiger partial charge is 0.346 e. The lowest BCUT2D eigenvalue weighted by Crippen LogP contribution is -2.23. The van der Waals surface area contributed by atoms with Crippen LogP contribution in [0.15, 0.2) is 72.9 Å². The van der Waals surface area contributed by atoms with Gasteiger partial charge >= 0.3 is 0 Å². The van der Waals surface area contributed by atoms with Crippen LogP contribution in [0.2, 0.25) is 5.02 Å². The van der Waals surface area contributed by atoms with E-state index in [0.29, 0.717) is 21.9 Å². The van der Waals surface area contributed by atoms with Crippen LogP contribution in [0.4, 0.5) is 4.39 Å². The number of aromatic nitrogens is 2. The number of nitrogens with zero attached hydrogens (tertiary/aromatic N) is 2. The van der Waals surface area contributed by atoms with E-state index in [2.05, 4.69) is 10.3 Å². The molecule has 1 amide bonds. The number of nitrogens with one attached hydrogen (secondary N) is 1. The van der Waals surface area contributed by atoms with Gasteiger partial charge < -0.3 is 5.32 Å². The highest BCUT2D eigenvalue weighted by Crippen LogP contribution is 2.25. The molecule has 0 aliphatic heterocycles. The molecule has 0 saturated heterocycles. The fourth-order valence-electron chi connectivity index (χ4n) is 2.94. The van der Waals surface area contributed by atoms with Gasteiger partial charge in [-0.25, -0.2) is 9.37 Å². The molecule has 4 aromatic rings. The molecule has 2 heterocycles. The summed E-state index contributed by atoms with van der Waals surface area (Å²) in [4.78, 5) is 17.3. The number of imidazole rings is 1. The van der Waals surface area contributed by atoms with Crippen LogP contribution in [0.25, 0.3) is 16.9 Å². The number of rotatable bonds is 4. The Kier molecular flexibility index (Phi) is 4.60. The van der Waals surface area contributed by atoms with Gasteiger partial charge in [0, 0.05) is 28.9 Å². The molecule has 0 aliphatic rings. The average molecular weight is 380 g/mol. The van der Waals surface area contributed by atoms with Crippen molar-refractivity contribution < 1.29 is 9.18 Å². The van der Waals surface area contributed by atoms with E-state index in [-0.39, 0.29) is 24.0 Å². The van der Waals surface area contributed by atoms with Crippen molar-refractivity contribution in [3.8, 4) is 11.4 Å². The maximum atomic E-state index is 13.8. The molecule has 134 valence electrons. The number of halogens is 2. The van der Waals surface area contributed by atoms with E-state index in [1.807, 2.05) is 40.9 Å². The second kappa shape index (κ2) is 7.21. The van der Waals surface area contributed by atoms with Crippen molar-refractivity contribution in [2.45, 2.75) is 6.54 Å². The number of benzene rings is 2. The highest BCUT2D eigenvalue weighted by molar-refractivity contribution is 6.30. The first kappa shape index (κ1) is 17.2. The Hall–Kier alpha value is -3.18. The monoisotopic (exact) mass is 379 g/mol. The van der Waals surface area contributed by atoms with Crippen molar-refractivity contribution in [3.05, 3.63) is 95.0 Å². The number of amides is 1. The average Bonchev–Trinajstić information content (AvgIpc) is 3.07. The van der Waals surface area contributed by atoms with Gasteiger partial charge in [0.25, 0.3) is 5.91 Å². The van der Waals surface area contributed by atoms with E-state index in [9.17, 15) is 9.18 Å². The van der Waals surface area contributed by atoms with Crippen LogP contribution in [-0.4, -0.2) is 15.3 Å². The standard InChI is InChI=1S/C21H15ClFN3O/c22-16-8-5-7-14(12-16)20-25-19(18-10-3-4-11-26(18)20)21(27)24-13-15-6-1-2-9-17(15)23/h1-12H,13H2,(H,24,27). The summed E-state index contributed by atoms with van der Waals surface area (Å²) in [6.45, 7) is 0.0872. The first-order valence-corrected chi connectivity index (χ1v) is 8.76. The third kappa shape index (κ3) is 3.41. The zero-order valence-electron chi connectivity index (χ0n) is 14.2. The predicted molar refractivity (Wildman–Crippen MR) is 103 cm³/mol. The van der Waals surface area contributed by atoms with Gasteiger partial charge in [0.15, 0.2) is 5.69 Å². The Morgan fingerprint density at radius 2 is 1.89 bits per heavy atom. The molecule has 0 spiro atoms. The molecule has 4 rings (SSSR count). The number of carbonyl (C=O) groups is 1. The lowest BCUT2D eigenvalue weighted by molar-refractivity contribution is 0.0948. The van der Waals surface area contributed by atoms with Gasteiger partial charge in [-0.3, -0.25) is 9.20 Å². The maximum absolute atomic E-state index is 13.8. The van der Waals surface area contributed by atoms with Crippen molar-refractivity contribution in [2.75, 3.05) is 0 Å². The topological polar surface area (TPSA) is 46.4 Å². The molecule has 4 nitrogen and oxygen atoms in total. The fraction of sp³-hybridized carbons (Fsp3) is 0.0476. The normalized spacial score (nSPS) is 10.9. The molecule has 27 heavy (non-hydrogen) atoms. The number of pyridine rings is 1. The quantitative estimate of drug-likeness (QED) is 0.557. The summed E-state index contributed by atoms with van der Waals surface area (Å²) in [6.07, 6.45) is 1.84. The molecule has 0 radical (unpaired) electrons. The fourth-order valence-corrected chi connectivity index (χ4v) is 3.13. The van der Waals surface area contributed by atoms with Gasteiger partial charge in [0.1, 0.15) is 11.6 Å². The second-order valence-corrected chi connectivity index (χ2v) is 6.46. The van der Waals surface area contributed by atoms with E-state index in [0.717, 1.165) is 5.56 Å². The van der Waals surface area contributed by atoms with Crippen LogP contribution in [-0.2, 0) is 6.54 Å². The predicted octanol–water partition coefficient (Wildman–Crippen LogP) is 4.72. The summed E-state index contributed by atoms with van der Waals surface area (Å²) in [5.74, 6) is -0.105. The molecule has 0 bridgehead atoms. The molecule has 0 unspecified atom stereocenters. The van der Waals surface area contributed by atoms with Crippen LogP contribution in [0.3, 0.4) is 0 Å². The molecule has 0 atom stereocenters. The minimum Gasteiger partial charge on any atom is -0.346 e. The Balaban J connectivity index is 1.70. The van der Waals surface area contributed by atoms with Crippen molar-refractivity contribution in [1.82, 2.24) is 14.7 Å². The highest BCUT2D eigenvalue weighted by atomic mass is 35.5.